The van der Waals surface area contributed by atoms with Crippen LogP contribution in [-0.4, -0.2) is 22.1 Å². The van der Waals surface area contributed by atoms with Crippen LogP contribution < -0.4 is 5.32 Å². The number of carboxylic acids is 1. The Bertz CT molecular complexity index is 1150. The molecule has 0 aliphatic heterocycles. The molecule has 2 aromatic carbocycles. The molecule has 4 aromatic rings. The zero-order chi connectivity index (χ0) is 20.4. The Labute approximate surface area is 177 Å². The molecule has 0 saturated heterocycles. The summed E-state index contributed by atoms with van der Waals surface area (Å²) < 4.78 is 5.84. The van der Waals surface area contributed by atoms with Gasteiger partial charge in [-0.2, -0.15) is 0 Å². The first-order valence-corrected chi connectivity index (χ1v) is 9.81. The molecule has 0 spiro atoms. The second-order valence-corrected chi connectivity index (χ2v) is 7.63. The molecule has 0 radical (unpaired) electrons. The molecular weight excluding hydrogens is 411 g/mol. The highest BCUT2D eigenvalue weighted by atomic mass is 35.5. The second kappa shape index (κ2) is 8.33. The third-order valence-electron chi connectivity index (χ3n) is 4.73. The van der Waals surface area contributed by atoms with Crippen LogP contribution in [0, 0.1) is 0 Å². The lowest BCUT2D eigenvalue weighted by atomic mass is 10.0. The number of hydrogen-bond donors (Lipinski definition) is 3. The lowest BCUT2D eigenvalue weighted by Crippen LogP contribution is -2.37. The van der Waals surface area contributed by atoms with E-state index in [4.69, 9.17) is 27.6 Å². The highest BCUT2D eigenvalue weighted by Crippen LogP contribution is 2.28. The van der Waals surface area contributed by atoms with Gasteiger partial charge in [-0.3, -0.25) is 10.1 Å². The summed E-state index contributed by atoms with van der Waals surface area (Å²) in [4.78, 5) is 14.9. The molecule has 0 aliphatic carbocycles. The topological polar surface area (TPSA) is 78.3 Å². The largest absolute Gasteiger partial charge is 0.480 e. The number of hydrogen-bond acceptors (Lipinski definition) is 3. The monoisotopic (exact) mass is 428 g/mol. The smallest absolute Gasteiger partial charge is 0.321 e. The van der Waals surface area contributed by atoms with Crippen LogP contribution in [0.15, 0.2) is 65.2 Å². The summed E-state index contributed by atoms with van der Waals surface area (Å²) in [7, 11) is 0. The number of nitrogens with one attached hydrogen (secondary N) is 2. The molecule has 0 saturated carbocycles. The van der Waals surface area contributed by atoms with E-state index in [1.807, 2.05) is 42.6 Å². The quantitative estimate of drug-likeness (QED) is 0.362. The molecule has 0 unspecified atom stereocenters. The Morgan fingerprint density at radius 1 is 1.10 bits per heavy atom. The number of para-hydroxylation sites is 1. The summed E-state index contributed by atoms with van der Waals surface area (Å²) in [6, 6.07) is 15.9. The number of carbonyl (C=O) groups is 1. The Kier molecular flexibility index (Phi) is 5.62. The fourth-order valence-corrected chi connectivity index (χ4v) is 3.84. The molecule has 0 amide bonds. The van der Waals surface area contributed by atoms with E-state index in [1.165, 1.54) is 0 Å². The predicted octanol–water partition coefficient (Wildman–Crippen LogP) is 5.52. The fraction of sp³-hybridized carbons (Fsp3) is 0.136. The van der Waals surface area contributed by atoms with Gasteiger partial charge in [0.2, 0.25) is 0 Å². The van der Waals surface area contributed by atoms with E-state index < -0.39 is 12.0 Å². The van der Waals surface area contributed by atoms with Crippen LogP contribution in [-0.2, 0) is 17.8 Å². The SMILES string of the molecule is O=C(O)[C@H](Cc1c[nH]c2ccccc12)NCc1ccc(-c2cc(Cl)cc(Cl)c2)o1. The number of fused-ring (bicyclic) bond motifs is 1. The number of aromatic nitrogens is 1. The van der Waals surface area contributed by atoms with Crippen molar-refractivity contribution in [1.29, 1.82) is 0 Å². The molecule has 7 heteroatoms. The molecular formula is C22H18Cl2N2O3. The van der Waals surface area contributed by atoms with Gasteiger partial charge in [0.15, 0.2) is 0 Å². The van der Waals surface area contributed by atoms with Gasteiger partial charge in [0.25, 0.3) is 0 Å². The van der Waals surface area contributed by atoms with Gasteiger partial charge in [0.1, 0.15) is 17.6 Å². The minimum atomic E-state index is -0.913. The van der Waals surface area contributed by atoms with Crippen molar-refractivity contribution in [2.75, 3.05) is 0 Å². The van der Waals surface area contributed by atoms with Crippen molar-refractivity contribution in [3.05, 3.63) is 82.2 Å². The van der Waals surface area contributed by atoms with Gasteiger partial charge in [-0.25, -0.2) is 0 Å². The lowest BCUT2D eigenvalue weighted by molar-refractivity contribution is -0.139. The van der Waals surface area contributed by atoms with Gasteiger partial charge in [0.05, 0.1) is 6.54 Å². The van der Waals surface area contributed by atoms with Crippen LogP contribution in [0.2, 0.25) is 10.0 Å². The number of halogens is 2. The third kappa shape index (κ3) is 4.48. The molecule has 2 aromatic heterocycles. The predicted molar refractivity (Wildman–Crippen MR) is 114 cm³/mol. The van der Waals surface area contributed by atoms with E-state index in [9.17, 15) is 9.90 Å². The van der Waals surface area contributed by atoms with Crippen molar-refractivity contribution in [3.63, 3.8) is 0 Å². The average Bonchev–Trinajstić information content (AvgIpc) is 3.31. The Balaban J connectivity index is 1.46. The number of benzene rings is 2. The van der Waals surface area contributed by atoms with Crippen LogP contribution in [0.1, 0.15) is 11.3 Å². The van der Waals surface area contributed by atoms with Crippen molar-refractivity contribution in [2.24, 2.45) is 0 Å². The number of aliphatic carboxylic acids is 1. The standard InChI is InChI=1S/C22H18Cl2N2O3/c23-15-7-13(8-16(24)10-15)21-6-5-17(29-21)12-26-20(22(27)28)9-14-11-25-19-4-2-1-3-18(14)19/h1-8,10-11,20,25-26H,9,12H2,(H,27,28)/t20-/m0/s1. The van der Waals surface area contributed by atoms with Crippen molar-refractivity contribution in [3.8, 4) is 11.3 Å². The summed E-state index contributed by atoms with van der Waals surface area (Å²) in [5, 5.41) is 14.8. The van der Waals surface area contributed by atoms with E-state index in [-0.39, 0.29) is 6.54 Å². The van der Waals surface area contributed by atoms with Crippen molar-refractivity contribution in [2.45, 2.75) is 19.0 Å². The third-order valence-corrected chi connectivity index (χ3v) is 5.16. The summed E-state index contributed by atoms with van der Waals surface area (Å²) >= 11 is 12.1. The van der Waals surface area contributed by atoms with Crippen LogP contribution in [0.4, 0.5) is 0 Å². The zero-order valence-corrected chi connectivity index (χ0v) is 16.8. The molecule has 3 N–H and O–H groups in total. The van der Waals surface area contributed by atoms with Gasteiger partial charge in [-0.1, -0.05) is 41.4 Å². The maximum atomic E-state index is 11.8. The molecule has 1 atom stereocenters. The van der Waals surface area contributed by atoms with Gasteiger partial charge < -0.3 is 14.5 Å². The number of aromatic amines is 1. The number of furan rings is 1. The van der Waals surface area contributed by atoms with Gasteiger partial charge >= 0.3 is 5.97 Å². The average molecular weight is 429 g/mol. The van der Waals surface area contributed by atoms with E-state index in [0.717, 1.165) is 22.0 Å². The number of H-pyrrole nitrogens is 1. The fourth-order valence-electron chi connectivity index (χ4n) is 3.32. The van der Waals surface area contributed by atoms with Crippen LogP contribution in [0.3, 0.4) is 0 Å². The molecule has 29 heavy (non-hydrogen) atoms. The summed E-state index contributed by atoms with van der Waals surface area (Å²) in [5.74, 6) is 0.333. The van der Waals surface area contributed by atoms with Gasteiger partial charge in [0, 0.05) is 39.1 Å². The van der Waals surface area contributed by atoms with E-state index >= 15 is 0 Å². The normalized spacial score (nSPS) is 12.3. The summed E-state index contributed by atoms with van der Waals surface area (Å²) in [6.45, 7) is 0.285. The van der Waals surface area contributed by atoms with E-state index in [1.54, 1.807) is 18.2 Å². The molecule has 2 heterocycles. The molecule has 0 bridgehead atoms. The van der Waals surface area contributed by atoms with E-state index in [0.29, 0.717) is 28.0 Å². The van der Waals surface area contributed by atoms with Gasteiger partial charge in [-0.15, -0.1) is 0 Å². The van der Waals surface area contributed by atoms with Crippen LogP contribution in [0.25, 0.3) is 22.2 Å². The van der Waals surface area contributed by atoms with Crippen molar-refractivity contribution >= 4 is 40.1 Å². The molecule has 0 fully saturated rings. The van der Waals surface area contributed by atoms with Crippen LogP contribution >= 0.6 is 23.2 Å². The first-order valence-electron chi connectivity index (χ1n) is 9.06. The second-order valence-electron chi connectivity index (χ2n) is 6.76. The maximum Gasteiger partial charge on any atom is 0.321 e. The first-order chi connectivity index (χ1) is 14.0. The van der Waals surface area contributed by atoms with Gasteiger partial charge in [-0.05, 0) is 42.0 Å². The van der Waals surface area contributed by atoms with Crippen molar-refractivity contribution in [1.82, 2.24) is 10.3 Å². The van der Waals surface area contributed by atoms with Crippen molar-refractivity contribution < 1.29 is 14.3 Å². The highest BCUT2D eigenvalue weighted by Gasteiger charge is 2.20. The molecule has 0 aliphatic rings. The first kappa shape index (κ1) is 19.6. The van der Waals surface area contributed by atoms with Crippen LogP contribution in [0.5, 0.6) is 0 Å². The minimum absolute atomic E-state index is 0.285. The molecule has 4 rings (SSSR count). The van der Waals surface area contributed by atoms with E-state index in [2.05, 4.69) is 10.3 Å². The summed E-state index contributed by atoms with van der Waals surface area (Å²) in [5.41, 5.74) is 2.71. The number of rotatable bonds is 7. The Morgan fingerprint density at radius 3 is 2.62 bits per heavy atom. The molecule has 148 valence electrons. The molecule has 5 nitrogen and oxygen atoms in total. The lowest BCUT2D eigenvalue weighted by Gasteiger charge is -2.13. The maximum absolute atomic E-state index is 11.8. The Morgan fingerprint density at radius 2 is 1.86 bits per heavy atom. The Hall–Kier alpha value is -2.73. The highest BCUT2D eigenvalue weighted by molar-refractivity contribution is 6.35. The number of carboxylic acid groups (broad SMARTS) is 1. The minimum Gasteiger partial charge on any atom is -0.480 e. The summed E-state index contributed by atoms with van der Waals surface area (Å²) in [6.07, 6.45) is 2.22. The zero-order valence-electron chi connectivity index (χ0n) is 15.3.